The maximum atomic E-state index is 12.3. The SMILES string of the molecule is COc1cccc2c1OC(OS(=O)(=O)c1ccc(C)cc1)CC2. The molecule has 1 atom stereocenters. The fraction of sp³-hybridized carbons (Fsp3) is 0.294. The van der Waals surface area contributed by atoms with Crippen LogP contribution in [0, 0.1) is 6.92 Å². The number of methoxy groups -OCH3 is 1. The second-order valence-corrected chi connectivity index (χ2v) is 6.97. The zero-order chi connectivity index (χ0) is 16.4. The van der Waals surface area contributed by atoms with Crippen LogP contribution in [0.2, 0.25) is 0 Å². The summed E-state index contributed by atoms with van der Waals surface area (Å²) in [4.78, 5) is 0.123. The molecular weight excluding hydrogens is 316 g/mol. The summed E-state index contributed by atoms with van der Waals surface area (Å²) in [5.41, 5.74) is 1.97. The van der Waals surface area contributed by atoms with Crippen LogP contribution in [0.1, 0.15) is 17.5 Å². The third-order valence-corrected chi connectivity index (χ3v) is 5.04. The van der Waals surface area contributed by atoms with Crippen molar-refractivity contribution in [3.8, 4) is 11.5 Å². The molecule has 0 aliphatic carbocycles. The molecule has 23 heavy (non-hydrogen) atoms. The monoisotopic (exact) mass is 334 g/mol. The van der Waals surface area contributed by atoms with E-state index in [1.165, 1.54) is 12.1 Å². The summed E-state index contributed by atoms with van der Waals surface area (Å²) in [6, 6.07) is 12.1. The highest BCUT2D eigenvalue weighted by molar-refractivity contribution is 7.86. The van der Waals surface area contributed by atoms with E-state index in [0.717, 1.165) is 11.1 Å². The minimum absolute atomic E-state index is 0.123. The van der Waals surface area contributed by atoms with Crippen molar-refractivity contribution < 1.29 is 22.1 Å². The summed E-state index contributed by atoms with van der Waals surface area (Å²) < 4.78 is 40.9. The smallest absolute Gasteiger partial charge is 0.300 e. The predicted molar refractivity (Wildman–Crippen MR) is 85.2 cm³/mol. The minimum atomic E-state index is -3.86. The van der Waals surface area contributed by atoms with Gasteiger partial charge >= 0.3 is 0 Å². The Kier molecular flexibility index (Phi) is 4.28. The van der Waals surface area contributed by atoms with Crippen LogP contribution in [0.5, 0.6) is 11.5 Å². The number of para-hydroxylation sites is 1. The first kappa shape index (κ1) is 15.8. The lowest BCUT2D eigenvalue weighted by Gasteiger charge is -2.26. The zero-order valence-electron chi connectivity index (χ0n) is 13.0. The summed E-state index contributed by atoms with van der Waals surface area (Å²) in [6.45, 7) is 1.89. The average molecular weight is 334 g/mol. The van der Waals surface area contributed by atoms with Gasteiger partial charge in [0.2, 0.25) is 6.29 Å². The quantitative estimate of drug-likeness (QED) is 0.804. The molecule has 1 aliphatic heterocycles. The maximum absolute atomic E-state index is 12.3. The summed E-state index contributed by atoms with van der Waals surface area (Å²) in [7, 11) is -2.32. The van der Waals surface area contributed by atoms with Gasteiger partial charge in [0, 0.05) is 6.42 Å². The molecule has 0 spiro atoms. The van der Waals surface area contributed by atoms with Crippen molar-refractivity contribution in [3.63, 3.8) is 0 Å². The van der Waals surface area contributed by atoms with Crippen LogP contribution in [0.3, 0.4) is 0 Å². The van der Waals surface area contributed by atoms with Crippen LogP contribution in [0.25, 0.3) is 0 Å². The van der Waals surface area contributed by atoms with Gasteiger partial charge in [0.05, 0.1) is 12.0 Å². The van der Waals surface area contributed by atoms with E-state index in [1.54, 1.807) is 25.3 Å². The third-order valence-electron chi connectivity index (χ3n) is 3.72. The average Bonchev–Trinajstić information content (AvgIpc) is 2.54. The fourth-order valence-electron chi connectivity index (χ4n) is 2.49. The summed E-state index contributed by atoms with van der Waals surface area (Å²) in [5.74, 6) is 1.12. The van der Waals surface area contributed by atoms with E-state index in [9.17, 15) is 8.42 Å². The van der Waals surface area contributed by atoms with Gasteiger partial charge in [0.25, 0.3) is 10.1 Å². The molecule has 122 valence electrons. The van der Waals surface area contributed by atoms with E-state index in [-0.39, 0.29) is 4.90 Å². The van der Waals surface area contributed by atoms with Gasteiger partial charge in [-0.1, -0.05) is 29.8 Å². The van der Waals surface area contributed by atoms with E-state index < -0.39 is 16.4 Å². The second kappa shape index (κ2) is 6.22. The Labute approximate surface area is 135 Å². The summed E-state index contributed by atoms with van der Waals surface area (Å²) >= 11 is 0. The zero-order valence-corrected chi connectivity index (χ0v) is 13.8. The number of hydrogen-bond donors (Lipinski definition) is 0. The van der Waals surface area contributed by atoms with E-state index in [1.807, 2.05) is 19.1 Å². The van der Waals surface area contributed by atoms with E-state index in [0.29, 0.717) is 24.3 Å². The van der Waals surface area contributed by atoms with Gasteiger partial charge in [-0.3, -0.25) is 0 Å². The number of benzene rings is 2. The van der Waals surface area contributed by atoms with Gasteiger partial charge in [0.15, 0.2) is 11.5 Å². The highest BCUT2D eigenvalue weighted by Gasteiger charge is 2.28. The molecule has 3 rings (SSSR count). The van der Waals surface area contributed by atoms with Crippen LogP contribution in [-0.2, 0) is 20.7 Å². The van der Waals surface area contributed by atoms with Gasteiger partial charge in [-0.05, 0) is 37.1 Å². The fourth-order valence-corrected chi connectivity index (χ4v) is 3.48. The van der Waals surface area contributed by atoms with Gasteiger partial charge in [0.1, 0.15) is 0 Å². The van der Waals surface area contributed by atoms with Gasteiger partial charge in [-0.25, -0.2) is 4.18 Å². The Balaban J connectivity index is 1.80. The van der Waals surface area contributed by atoms with E-state index in [2.05, 4.69) is 0 Å². The maximum Gasteiger partial charge on any atom is 0.300 e. The number of ether oxygens (including phenoxy) is 2. The second-order valence-electron chi connectivity index (χ2n) is 5.40. The Bertz CT molecular complexity index is 782. The van der Waals surface area contributed by atoms with Crippen molar-refractivity contribution in [1.82, 2.24) is 0 Å². The van der Waals surface area contributed by atoms with Crippen molar-refractivity contribution in [3.05, 3.63) is 53.6 Å². The highest BCUT2D eigenvalue weighted by Crippen LogP contribution is 2.37. The third kappa shape index (κ3) is 3.33. The number of fused-ring (bicyclic) bond motifs is 1. The molecule has 1 aliphatic rings. The first-order valence-electron chi connectivity index (χ1n) is 7.32. The Morgan fingerprint density at radius 1 is 1.13 bits per heavy atom. The lowest BCUT2D eigenvalue weighted by Crippen LogP contribution is -2.28. The lowest BCUT2D eigenvalue weighted by atomic mass is 10.1. The van der Waals surface area contributed by atoms with Crippen molar-refractivity contribution in [2.24, 2.45) is 0 Å². The summed E-state index contributed by atoms with van der Waals surface area (Å²) in [5, 5.41) is 0. The van der Waals surface area contributed by atoms with Crippen molar-refractivity contribution in [1.29, 1.82) is 0 Å². The van der Waals surface area contributed by atoms with Crippen LogP contribution < -0.4 is 9.47 Å². The van der Waals surface area contributed by atoms with E-state index >= 15 is 0 Å². The van der Waals surface area contributed by atoms with Gasteiger partial charge < -0.3 is 9.47 Å². The molecule has 0 saturated heterocycles. The number of rotatable bonds is 4. The molecule has 0 radical (unpaired) electrons. The van der Waals surface area contributed by atoms with Crippen LogP contribution in [0.15, 0.2) is 47.4 Å². The molecule has 2 aromatic rings. The molecule has 0 fully saturated rings. The number of hydrogen-bond acceptors (Lipinski definition) is 5. The molecular formula is C17H18O5S. The van der Waals surface area contributed by atoms with Crippen LogP contribution in [0.4, 0.5) is 0 Å². The molecule has 0 aromatic heterocycles. The van der Waals surface area contributed by atoms with Crippen molar-refractivity contribution in [2.75, 3.05) is 7.11 Å². The van der Waals surface area contributed by atoms with Crippen LogP contribution >= 0.6 is 0 Å². The Hall–Kier alpha value is -2.05. The molecule has 0 N–H and O–H groups in total. The lowest BCUT2D eigenvalue weighted by molar-refractivity contribution is -0.00640. The number of aryl methyl sites for hydroxylation is 2. The largest absolute Gasteiger partial charge is 0.493 e. The Morgan fingerprint density at radius 3 is 2.57 bits per heavy atom. The first-order chi connectivity index (χ1) is 11.0. The topological polar surface area (TPSA) is 61.8 Å². The van der Waals surface area contributed by atoms with E-state index in [4.69, 9.17) is 13.7 Å². The summed E-state index contributed by atoms with van der Waals surface area (Å²) in [6.07, 6.45) is 0.274. The molecule has 5 nitrogen and oxygen atoms in total. The van der Waals surface area contributed by atoms with Crippen LogP contribution in [-0.4, -0.2) is 21.8 Å². The molecule has 0 bridgehead atoms. The molecule has 1 unspecified atom stereocenters. The minimum Gasteiger partial charge on any atom is -0.493 e. The standard InChI is InChI=1S/C17H18O5S/c1-12-6-9-14(10-7-12)23(18,19)22-16-11-8-13-4-3-5-15(20-2)17(13)21-16/h3-7,9-10,16H,8,11H2,1-2H3. The van der Waals surface area contributed by atoms with Gasteiger partial charge in [-0.2, -0.15) is 8.42 Å². The predicted octanol–water partition coefficient (Wildman–Crippen LogP) is 3.06. The highest BCUT2D eigenvalue weighted by atomic mass is 32.2. The molecule has 0 amide bonds. The van der Waals surface area contributed by atoms with Gasteiger partial charge in [-0.15, -0.1) is 0 Å². The molecule has 0 saturated carbocycles. The molecule has 6 heteroatoms. The first-order valence-corrected chi connectivity index (χ1v) is 8.73. The molecule has 2 aromatic carbocycles. The normalized spacial score (nSPS) is 17.2. The van der Waals surface area contributed by atoms with Crippen molar-refractivity contribution in [2.45, 2.75) is 31.0 Å². The molecule has 1 heterocycles. The van der Waals surface area contributed by atoms with Crippen molar-refractivity contribution >= 4 is 10.1 Å². The Morgan fingerprint density at radius 2 is 1.87 bits per heavy atom.